The molecule has 0 bridgehead atoms. The molecule has 0 spiro atoms. The maximum absolute atomic E-state index is 12.2. The number of para-hydroxylation sites is 1. The summed E-state index contributed by atoms with van der Waals surface area (Å²) in [5.74, 6) is -0.0881. The third-order valence-electron chi connectivity index (χ3n) is 2.89. The fourth-order valence-electron chi connectivity index (χ4n) is 1.86. The molecule has 0 unspecified atom stereocenters. The van der Waals surface area contributed by atoms with Crippen LogP contribution < -0.4 is 10.6 Å². The highest BCUT2D eigenvalue weighted by Gasteiger charge is 2.10. The molecule has 0 fully saturated rings. The quantitative estimate of drug-likeness (QED) is 0.848. The molecule has 0 atom stereocenters. The number of carbonyl (C=O) groups is 1. The Balaban J connectivity index is 2.01. The maximum Gasteiger partial charge on any atom is 0.253 e. The second-order valence-corrected chi connectivity index (χ2v) is 4.48. The number of benzene rings is 1. The molecule has 2 rings (SSSR count). The van der Waals surface area contributed by atoms with Crippen LogP contribution in [0.5, 0.6) is 0 Å². The molecule has 4 nitrogen and oxygen atoms in total. The zero-order chi connectivity index (χ0) is 14.2. The first-order valence-electron chi connectivity index (χ1n) is 6.82. The van der Waals surface area contributed by atoms with Crippen LogP contribution >= 0.6 is 0 Å². The number of carbonyl (C=O) groups excluding carboxylic acids is 1. The summed E-state index contributed by atoms with van der Waals surface area (Å²) in [5.41, 5.74) is 2.38. The van der Waals surface area contributed by atoms with E-state index in [0.717, 1.165) is 24.3 Å². The lowest BCUT2D eigenvalue weighted by molar-refractivity contribution is 0.0951. The lowest BCUT2D eigenvalue weighted by Gasteiger charge is -2.11. The molecule has 0 aliphatic carbocycles. The molecule has 2 N–H and O–H groups in total. The molecule has 0 saturated carbocycles. The number of nitrogens with one attached hydrogen (secondary N) is 2. The molecule has 0 saturated heterocycles. The first-order chi connectivity index (χ1) is 9.81. The number of hydrogen-bond acceptors (Lipinski definition) is 3. The van der Waals surface area contributed by atoms with Gasteiger partial charge in [0, 0.05) is 18.4 Å². The van der Waals surface area contributed by atoms with Gasteiger partial charge in [-0.15, -0.1) is 0 Å². The van der Waals surface area contributed by atoms with E-state index in [4.69, 9.17) is 0 Å². The van der Waals surface area contributed by atoms with Gasteiger partial charge in [-0.25, -0.2) is 0 Å². The van der Waals surface area contributed by atoms with Crippen molar-refractivity contribution in [3.63, 3.8) is 0 Å². The van der Waals surface area contributed by atoms with Crippen molar-refractivity contribution < 1.29 is 4.79 Å². The number of hydrogen-bond donors (Lipinski definition) is 2. The van der Waals surface area contributed by atoms with Gasteiger partial charge >= 0.3 is 0 Å². The Labute approximate surface area is 119 Å². The van der Waals surface area contributed by atoms with Crippen LogP contribution in [0.4, 0.5) is 5.69 Å². The Bertz CT molecular complexity index is 555. The average molecular weight is 269 g/mol. The summed E-state index contributed by atoms with van der Waals surface area (Å²) >= 11 is 0. The molecule has 1 aromatic carbocycles. The number of pyridine rings is 1. The molecule has 104 valence electrons. The van der Waals surface area contributed by atoms with Crippen LogP contribution in [-0.4, -0.2) is 17.4 Å². The van der Waals surface area contributed by atoms with Crippen molar-refractivity contribution in [2.24, 2.45) is 0 Å². The summed E-state index contributed by atoms with van der Waals surface area (Å²) in [6.45, 7) is 3.38. The molecule has 1 heterocycles. The van der Waals surface area contributed by atoms with Crippen LogP contribution in [-0.2, 0) is 6.54 Å². The number of amides is 1. The Morgan fingerprint density at radius 2 is 1.95 bits per heavy atom. The normalized spacial score (nSPS) is 10.1. The highest BCUT2D eigenvalue weighted by molar-refractivity contribution is 5.99. The standard InChI is InChI=1S/C16H19N3O/c1-2-10-18-15-9-4-3-8-14(15)16(20)19-12-13-7-5-6-11-17-13/h3-9,11,18H,2,10,12H2,1H3,(H,19,20). The van der Waals surface area contributed by atoms with Gasteiger partial charge in [0.2, 0.25) is 0 Å². The van der Waals surface area contributed by atoms with Gasteiger partial charge in [0.05, 0.1) is 17.8 Å². The average Bonchev–Trinajstić information content (AvgIpc) is 2.52. The molecule has 2 aromatic rings. The van der Waals surface area contributed by atoms with Crippen molar-refractivity contribution in [1.29, 1.82) is 0 Å². The van der Waals surface area contributed by atoms with Gasteiger partial charge in [0.25, 0.3) is 5.91 Å². The van der Waals surface area contributed by atoms with Crippen molar-refractivity contribution >= 4 is 11.6 Å². The van der Waals surface area contributed by atoms with Crippen molar-refractivity contribution in [2.45, 2.75) is 19.9 Å². The van der Waals surface area contributed by atoms with E-state index >= 15 is 0 Å². The highest BCUT2D eigenvalue weighted by atomic mass is 16.1. The lowest BCUT2D eigenvalue weighted by atomic mass is 10.1. The minimum atomic E-state index is -0.0881. The van der Waals surface area contributed by atoms with Crippen molar-refractivity contribution in [1.82, 2.24) is 10.3 Å². The predicted molar refractivity (Wildman–Crippen MR) is 80.6 cm³/mol. The van der Waals surface area contributed by atoms with E-state index in [9.17, 15) is 4.79 Å². The van der Waals surface area contributed by atoms with Gasteiger partial charge in [0.15, 0.2) is 0 Å². The van der Waals surface area contributed by atoms with Crippen molar-refractivity contribution in [2.75, 3.05) is 11.9 Å². The third-order valence-corrected chi connectivity index (χ3v) is 2.89. The van der Waals surface area contributed by atoms with E-state index < -0.39 is 0 Å². The van der Waals surface area contributed by atoms with Crippen LogP contribution in [0.3, 0.4) is 0 Å². The molecule has 0 aliphatic heterocycles. The summed E-state index contributed by atoms with van der Waals surface area (Å²) in [6, 6.07) is 13.2. The Morgan fingerprint density at radius 1 is 1.15 bits per heavy atom. The number of anilines is 1. The van der Waals surface area contributed by atoms with E-state index in [2.05, 4.69) is 22.5 Å². The molecule has 0 radical (unpaired) electrons. The predicted octanol–water partition coefficient (Wildman–Crippen LogP) is 2.83. The van der Waals surface area contributed by atoms with Gasteiger partial charge in [-0.1, -0.05) is 25.1 Å². The topological polar surface area (TPSA) is 54.0 Å². The van der Waals surface area contributed by atoms with Crippen molar-refractivity contribution in [3.05, 3.63) is 59.9 Å². The fourth-order valence-corrected chi connectivity index (χ4v) is 1.86. The summed E-state index contributed by atoms with van der Waals surface area (Å²) in [4.78, 5) is 16.4. The second-order valence-electron chi connectivity index (χ2n) is 4.48. The van der Waals surface area contributed by atoms with Crippen LogP contribution in [0.2, 0.25) is 0 Å². The first kappa shape index (κ1) is 14.1. The molecular weight excluding hydrogens is 250 g/mol. The zero-order valence-electron chi connectivity index (χ0n) is 11.6. The molecular formula is C16H19N3O. The SMILES string of the molecule is CCCNc1ccccc1C(=O)NCc1ccccn1. The minimum absolute atomic E-state index is 0.0881. The van der Waals surface area contributed by atoms with Crippen LogP contribution in [0.1, 0.15) is 29.4 Å². The molecule has 1 amide bonds. The maximum atomic E-state index is 12.2. The fraction of sp³-hybridized carbons (Fsp3) is 0.250. The first-order valence-corrected chi connectivity index (χ1v) is 6.82. The van der Waals surface area contributed by atoms with E-state index in [-0.39, 0.29) is 5.91 Å². The van der Waals surface area contributed by atoms with Crippen LogP contribution in [0, 0.1) is 0 Å². The number of nitrogens with zero attached hydrogens (tertiary/aromatic N) is 1. The molecule has 1 aromatic heterocycles. The largest absolute Gasteiger partial charge is 0.384 e. The smallest absolute Gasteiger partial charge is 0.253 e. The summed E-state index contributed by atoms with van der Waals surface area (Å²) in [7, 11) is 0. The van der Waals surface area contributed by atoms with Gasteiger partial charge in [-0.3, -0.25) is 9.78 Å². The van der Waals surface area contributed by atoms with E-state index in [0.29, 0.717) is 12.1 Å². The number of rotatable bonds is 6. The monoisotopic (exact) mass is 269 g/mol. The minimum Gasteiger partial charge on any atom is -0.384 e. The van der Waals surface area contributed by atoms with Gasteiger partial charge < -0.3 is 10.6 Å². The van der Waals surface area contributed by atoms with Crippen molar-refractivity contribution in [3.8, 4) is 0 Å². The summed E-state index contributed by atoms with van der Waals surface area (Å²) in [6.07, 6.45) is 2.74. The second kappa shape index (κ2) is 7.28. The zero-order valence-corrected chi connectivity index (χ0v) is 11.6. The number of aromatic nitrogens is 1. The molecule has 20 heavy (non-hydrogen) atoms. The van der Waals surface area contributed by atoms with Crippen LogP contribution in [0.15, 0.2) is 48.7 Å². The Kier molecular flexibility index (Phi) is 5.12. The van der Waals surface area contributed by atoms with E-state index in [1.54, 1.807) is 6.20 Å². The third kappa shape index (κ3) is 3.82. The van der Waals surface area contributed by atoms with E-state index in [1.165, 1.54) is 0 Å². The van der Waals surface area contributed by atoms with Gasteiger partial charge in [-0.2, -0.15) is 0 Å². The highest BCUT2D eigenvalue weighted by Crippen LogP contribution is 2.14. The molecule has 0 aliphatic rings. The van der Waals surface area contributed by atoms with E-state index in [1.807, 2.05) is 42.5 Å². The Morgan fingerprint density at radius 3 is 2.70 bits per heavy atom. The van der Waals surface area contributed by atoms with Gasteiger partial charge in [-0.05, 0) is 30.7 Å². The van der Waals surface area contributed by atoms with Gasteiger partial charge in [0.1, 0.15) is 0 Å². The Hall–Kier alpha value is -2.36. The van der Waals surface area contributed by atoms with Crippen LogP contribution in [0.25, 0.3) is 0 Å². The summed E-state index contributed by atoms with van der Waals surface area (Å²) < 4.78 is 0. The lowest BCUT2D eigenvalue weighted by Crippen LogP contribution is -2.24. The molecule has 4 heteroatoms. The summed E-state index contributed by atoms with van der Waals surface area (Å²) in [5, 5.41) is 6.16.